The Kier molecular flexibility index (Phi) is 3.02. The van der Waals surface area contributed by atoms with E-state index in [-0.39, 0.29) is 0 Å². The molecule has 5 nitrogen and oxygen atoms in total. The minimum Gasteiger partial charge on any atom is -0.478 e. The number of H-pyrrole nitrogens is 1. The summed E-state index contributed by atoms with van der Waals surface area (Å²) >= 11 is 0. The second-order valence-electron chi connectivity index (χ2n) is 4.61. The zero-order valence-corrected chi connectivity index (χ0v) is 11.5. The lowest BCUT2D eigenvalue weighted by molar-refractivity contribution is 0.328. The summed E-state index contributed by atoms with van der Waals surface area (Å²) in [6, 6.07) is 9.53. The molecule has 0 saturated carbocycles. The van der Waals surface area contributed by atoms with Crippen LogP contribution in [0.15, 0.2) is 30.3 Å². The molecule has 3 aromatic rings. The van der Waals surface area contributed by atoms with E-state index in [1.54, 1.807) is 0 Å². The molecule has 3 N–H and O–H groups in total. The third kappa shape index (κ3) is 2.18. The highest BCUT2D eigenvalue weighted by Crippen LogP contribution is 2.25. The van der Waals surface area contributed by atoms with E-state index in [4.69, 9.17) is 10.5 Å². The molecule has 0 amide bonds. The van der Waals surface area contributed by atoms with Crippen molar-refractivity contribution in [1.82, 2.24) is 15.0 Å². The van der Waals surface area contributed by atoms with Crippen LogP contribution in [-0.4, -0.2) is 21.6 Å². The zero-order valence-electron chi connectivity index (χ0n) is 11.5. The van der Waals surface area contributed by atoms with E-state index in [1.165, 1.54) is 0 Å². The largest absolute Gasteiger partial charge is 0.478 e. The molecule has 0 bridgehead atoms. The van der Waals surface area contributed by atoms with Crippen molar-refractivity contribution in [2.75, 3.05) is 12.3 Å². The molecule has 102 valence electrons. The molecule has 20 heavy (non-hydrogen) atoms. The standard InChI is InChI=1S/C15H16N4O/c1-3-20-13-7-6-12-15(18-13)19-14(17-12)11-8-10(16)5-4-9(11)2/h4-8H,3,16H2,1-2H3,(H,17,18,19). The number of aryl methyl sites for hydroxylation is 1. The van der Waals surface area contributed by atoms with Crippen LogP contribution >= 0.6 is 0 Å². The average Bonchev–Trinajstić information content (AvgIpc) is 2.85. The van der Waals surface area contributed by atoms with Gasteiger partial charge in [0.25, 0.3) is 0 Å². The lowest BCUT2D eigenvalue weighted by atomic mass is 10.1. The number of rotatable bonds is 3. The summed E-state index contributed by atoms with van der Waals surface area (Å²) in [5.74, 6) is 1.35. The molecular weight excluding hydrogens is 252 g/mol. The second-order valence-corrected chi connectivity index (χ2v) is 4.61. The van der Waals surface area contributed by atoms with Gasteiger partial charge in [-0.15, -0.1) is 0 Å². The fourth-order valence-electron chi connectivity index (χ4n) is 2.13. The van der Waals surface area contributed by atoms with Gasteiger partial charge >= 0.3 is 0 Å². The summed E-state index contributed by atoms with van der Waals surface area (Å²) in [7, 11) is 0. The number of benzene rings is 1. The van der Waals surface area contributed by atoms with Gasteiger partial charge in [-0.25, -0.2) is 4.98 Å². The first kappa shape index (κ1) is 12.5. The quantitative estimate of drug-likeness (QED) is 0.716. The molecule has 0 aliphatic rings. The molecule has 3 rings (SSSR count). The Morgan fingerprint density at radius 1 is 1.20 bits per heavy atom. The Labute approximate surface area is 116 Å². The molecule has 2 aromatic heterocycles. The predicted octanol–water partition coefficient (Wildman–Crippen LogP) is 2.91. The predicted molar refractivity (Wildman–Crippen MR) is 79.6 cm³/mol. The van der Waals surface area contributed by atoms with Gasteiger partial charge in [-0.3, -0.25) is 0 Å². The van der Waals surface area contributed by atoms with Gasteiger partial charge in [0.2, 0.25) is 5.88 Å². The maximum atomic E-state index is 5.85. The second kappa shape index (κ2) is 4.85. The van der Waals surface area contributed by atoms with Crippen molar-refractivity contribution in [3.8, 4) is 17.3 Å². The average molecular weight is 268 g/mol. The Bertz CT molecular complexity index is 764. The van der Waals surface area contributed by atoms with Crippen LogP contribution in [0.3, 0.4) is 0 Å². The van der Waals surface area contributed by atoms with Crippen molar-refractivity contribution in [2.24, 2.45) is 0 Å². The molecule has 0 atom stereocenters. The van der Waals surface area contributed by atoms with Gasteiger partial charge in [0.15, 0.2) is 5.65 Å². The van der Waals surface area contributed by atoms with Crippen LogP contribution in [-0.2, 0) is 0 Å². The highest BCUT2D eigenvalue weighted by atomic mass is 16.5. The lowest BCUT2D eigenvalue weighted by Gasteiger charge is -2.03. The molecule has 0 saturated heterocycles. The maximum Gasteiger partial charge on any atom is 0.215 e. The monoisotopic (exact) mass is 268 g/mol. The molecule has 0 unspecified atom stereocenters. The Morgan fingerprint density at radius 2 is 2.05 bits per heavy atom. The molecule has 0 spiro atoms. The number of nitrogens with zero attached hydrogens (tertiary/aromatic N) is 2. The summed E-state index contributed by atoms with van der Waals surface area (Å²) in [5.41, 5.74) is 10.2. The van der Waals surface area contributed by atoms with E-state index in [0.29, 0.717) is 23.8 Å². The summed E-state index contributed by atoms with van der Waals surface area (Å²) in [6.45, 7) is 4.54. The van der Waals surface area contributed by atoms with Gasteiger partial charge in [0.05, 0.1) is 12.1 Å². The van der Waals surface area contributed by atoms with Crippen molar-refractivity contribution >= 4 is 16.9 Å². The lowest BCUT2D eigenvalue weighted by Crippen LogP contribution is -1.93. The number of hydrogen-bond donors (Lipinski definition) is 2. The van der Waals surface area contributed by atoms with Crippen LogP contribution in [0.5, 0.6) is 5.88 Å². The minimum atomic E-state index is 0.586. The number of anilines is 1. The first-order valence-corrected chi connectivity index (χ1v) is 6.53. The molecule has 0 aliphatic carbocycles. The number of pyridine rings is 1. The number of nitrogens with two attached hydrogens (primary N) is 1. The van der Waals surface area contributed by atoms with E-state index in [9.17, 15) is 0 Å². The van der Waals surface area contributed by atoms with Crippen LogP contribution in [0.4, 0.5) is 5.69 Å². The molecule has 2 heterocycles. The van der Waals surface area contributed by atoms with Crippen LogP contribution in [0.1, 0.15) is 12.5 Å². The van der Waals surface area contributed by atoms with Crippen molar-refractivity contribution in [2.45, 2.75) is 13.8 Å². The summed E-state index contributed by atoms with van der Waals surface area (Å²) in [6.07, 6.45) is 0. The number of fused-ring (bicyclic) bond motifs is 1. The van der Waals surface area contributed by atoms with Crippen LogP contribution in [0.2, 0.25) is 0 Å². The van der Waals surface area contributed by atoms with E-state index in [2.05, 4.69) is 15.0 Å². The van der Waals surface area contributed by atoms with Crippen LogP contribution < -0.4 is 10.5 Å². The van der Waals surface area contributed by atoms with E-state index in [1.807, 2.05) is 44.2 Å². The molecular formula is C15H16N4O. The fourth-order valence-corrected chi connectivity index (χ4v) is 2.13. The van der Waals surface area contributed by atoms with E-state index >= 15 is 0 Å². The molecule has 0 fully saturated rings. The third-order valence-electron chi connectivity index (χ3n) is 3.13. The van der Waals surface area contributed by atoms with E-state index < -0.39 is 0 Å². The number of hydrogen-bond acceptors (Lipinski definition) is 4. The van der Waals surface area contributed by atoms with Crippen molar-refractivity contribution in [1.29, 1.82) is 0 Å². The Morgan fingerprint density at radius 3 is 2.85 bits per heavy atom. The zero-order chi connectivity index (χ0) is 14.1. The molecule has 5 heteroatoms. The normalized spacial score (nSPS) is 10.9. The van der Waals surface area contributed by atoms with Crippen molar-refractivity contribution in [3.63, 3.8) is 0 Å². The summed E-state index contributed by atoms with van der Waals surface area (Å²) in [4.78, 5) is 12.2. The number of aromatic amines is 1. The minimum absolute atomic E-state index is 0.586. The van der Waals surface area contributed by atoms with E-state index in [0.717, 1.165) is 22.5 Å². The highest BCUT2D eigenvalue weighted by Gasteiger charge is 2.10. The SMILES string of the molecule is CCOc1ccc2[nH]c(-c3cc(N)ccc3C)nc2n1. The number of imidazole rings is 1. The van der Waals surface area contributed by atoms with Gasteiger partial charge < -0.3 is 15.5 Å². The van der Waals surface area contributed by atoms with Gasteiger partial charge in [-0.05, 0) is 37.6 Å². The molecule has 1 aromatic carbocycles. The number of nitrogen functional groups attached to an aromatic ring is 1. The first-order chi connectivity index (χ1) is 9.67. The van der Waals surface area contributed by atoms with Gasteiger partial charge in [-0.1, -0.05) is 6.07 Å². The third-order valence-corrected chi connectivity index (χ3v) is 3.13. The van der Waals surface area contributed by atoms with Crippen molar-refractivity contribution < 1.29 is 4.74 Å². The van der Waals surface area contributed by atoms with Gasteiger partial charge in [-0.2, -0.15) is 4.98 Å². The molecule has 0 radical (unpaired) electrons. The van der Waals surface area contributed by atoms with Gasteiger partial charge in [0.1, 0.15) is 5.82 Å². The summed E-state index contributed by atoms with van der Waals surface area (Å²) < 4.78 is 5.39. The van der Waals surface area contributed by atoms with Gasteiger partial charge in [0, 0.05) is 17.3 Å². The number of nitrogens with one attached hydrogen (secondary N) is 1. The number of ether oxygens (including phenoxy) is 1. The van der Waals surface area contributed by atoms with Crippen LogP contribution in [0.25, 0.3) is 22.6 Å². The number of aromatic nitrogens is 3. The van der Waals surface area contributed by atoms with Crippen molar-refractivity contribution in [3.05, 3.63) is 35.9 Å². The smallest absolute Gasteiger partial charge is 0.215 e. The molecule has 0 aliphatic heterocycles. The van der Waals surface area contributed by atoms with Crippen LogP contribution in [0, 0.1) is 6.92 Å². The first-order valence-electron chi connectivity index (χ1n) is 6.53. The Balaban J connectivity index is 2.10. The maximum absolute atomic E-state index is 5.85. The summed E-state index contributed by atoms with van der Waals surface area (Å²) in [5, 5.41) is 0. The fraction of sp³-hybridized carbons (Fsp3) is 0.200. The topological polar surface area (TPSA) is 76.8 Å². The Hall–Kier alpha value is -2.56. The highest BCUT2D eigenvalue weighted by molar-refractivity contribution is 5.78.